The van der Waals surface area contributed by atoms with Crippen molar-refractivity contribution in [3.63, 3.8) is 0 Å². The van der Waals surface area contributed by atoms with Crippen molar-refractivity contribution in [3.8, 4) is 0 Å². The number of hydrogen-bond acceptors (Lipinski definition) is 2. The van der Waals surface area contributed by atoms with Crippen LogP contribution in [0.1, 0.15) is 0 Å². The van der Waals surface area contributed by atoms with Crippen molar-refractivity contribution in [2.45, 2.75) is 0 Å². The molecule has 5 heteroatoms. The van der Waals surface area contributed by atoms with E-state index in [9.17, 15) is 0 Å². The average Bonchev–Trinajstić information content (AvgIpc) is 2.04. The molecule has 0 N–H and O–H groups in total. The first kappa shape index (κ1) is 11.3. The number of alkyl halides is 1. The van der Waals surface area contributed by atoms with Gasteiger partial charge in [0, 0.05) is 30.1 Å². The lowest BCUT2D eigenvalue weighted by Gasteiger charge is -2.17. The molecule has 13 heavy (non-hydrogen) atoms. The van der Waals surface area contributed by atoms with Gasteiger partial charge in [-0.25, -0.2) is 4.98 Å². The molecule has 0 atom stereocenters. The second-order valence-electron chi connectivity index (χ2n) is 2.57. The van der Waals surface area contributed by atoms with E-state index in [1.165, 1.54) is 0 Å². The van der Waals surface area contributed by atoms with Gasteiger partial charge in [0.1, 0.15) is 5.82 Å². The maximum atomic E-state index is 5.64. The monoisotopic (exact) mass is 326 g/mol. The molecule has 2 nitrogen and oxygen atoms in total. The molecule has 0 bridgehead atoms. The van der Waals surface area contributed by atoms with Crippen molar-refractivity contribution >= 4 is 49.3 Å². The van der Waals surface area contributed by atoms with Crippen molar-refractivity contribution in [3.05, 3.63) is 21.2 Å². The first-order valence-electron chi connectivity index (χ1n) is 3.73. The van der Waals surface area contributed by atoms with Crippen LogP contribution in [0.4, 0.5) is 5.82 Å². The molecule has 72 valence electrons. The molecule has 0 aliphatic rings. The van der Waals surface area contributed by atoms with Crippen LogP contribution >= 0.6 is 43.5 Å². The van der Waals surface area contributed by atoms with Gasteiger partial charge in [-0.2, -0.15) is 0 Å². The zero-order valence-electron chi connectivity index (χ0n) is 7.10. The Hall–Kier alpha value is 0.200. The molecule has 1 aromatic heterocycles. The van der Waals surface area contributed by atoms with Crippen molar-refractivity contribution < 1.29 is 0 Å². The summed E-state index contributed by atoms with van der Waals surface area (Å²) in [6.07, 6.45) is 1.77. The summed E-state index contributed by atoms with van der Waals surface area (Å²) >= 11 is 12.4. The Morgan fingerprint density at radius 1 is 1.54 bits per heavy atom. The fraction of sp³-hybridized carbons (Fsp3) is 0.375. The third kappa shape index (κ3) is 3.11. The fourth-order valence-electron chi connectivity index (χ4n) is 0.921. The van der Waals surface area contributed by atoms with E-state index < -0.39 is 0 Å². The Labute approximate surface area is 99.5 Å². The number of rotatable bonds is 3. The van der Waals surface area contributed by atoms with Crippen molar-refractivity contribution in [1.82, 2.24) is 4.98 Å². The van der Waals surface area contributed by atoms with Crippen molar-refractivity contribution in [1.29, 1.82) is 0 Å². The number of aromatic nitrogens is 1. The summed E-state index contributed by atoms with van der Waals surface area (Å²) in [5.74, 6) is 1.50. The largest absolute Gasteiger partial charge is 0.358 e. The van der Waals surface area contributed by atoms with Crippen molar-refractivity contribution in [2.75, 3.05) is 24.4 Å². The Balaban J connectivity index is 2.88. The highest BCUT2D eigenvalue weighted by molar-refractivity contribution is 9.11. The first-order valence-corrected chi connectivity index (χ1v) is 5.85. The minimum absolute atomic E-state index is 0.598. The van der Waals surface area contributed by atoms with E-state index in [4.69, 9.17) is 11.6 Å². The van der Waals surface area contributed by atoms with Crippen LogP contribution in [0.25, 0.3) is 0 Å². The van der Waals surface area contributed by atoms with Crippen LogP contribution < -0.4 is 4.90 Å². The van der Waals surface area contributed by atoms with Crippen molar-refractivity contribution in [2.24, 2.45) is 0 Å². The summed E-state index contributed by atoms with van der Waals surface area (Å²) in [5.41, 5.74) is 0. The standard InChI is InChI=1S/C8H9Br2ClN2/c1-13(3-2-11)8-7(10)4-6(9)5-12-8/h4-5H,2-3H2,1H3. The summed E-state index contributed by atoms with van der Waals surface area (Å²) in [7, 11) is 1.96. The minimum Gasteiger partial charge on any atom is -0.358 e. The molecular weight excluding hydrogens is 319 g/mol. The van der Waals surface area contributed by atoms with Gasteiger partial charge in [0.05, 0.1) is 4.47 Å². The second-order valence-corrected chi connectivity index (χ2v) is 4.72. The predicted octanol–water partition coefficient (Wildman–Crippen LogP) is 3.28. The van der Waals surface area contributed by atoms with Crippen LogP contribution in [0.15, 0.2) is 21.2 Å². The quantitative estimate of drug-likeness (QED) is 0.792. The molecule has 0 spiro atoms. The summed E-state index contributed by atoms with van der Waals surface area (Å²) in [4.78, 5) is 6.27. The van der Waals surface area contributed by atoms with Gasteiger partial charge in [-0.3, -0.25) is 0 Å². The molecule has 0 aromatic carbocycles. The third-order valence-corrected chi connectivity index (χ3v) is 2.76. The Morgan fingerprint density at radius 3 is 2.77 bits per heavy atom. The van der Waals surface area contributed by atoms with Crippen LogP contribution in [0, 0.1) is 0 Å². The molecule has 0 unspecified atom stereocenters. The third-order valence-electron chi connectivity index (χ3n) is 1.57. The lowest BCUT2D eigenvalue weighted by Crippen LogP contribution is -2.21. The summed E-state index contributed by atoms with van der Waals surface area (Å²) in [6, 6.07) is 1.97. The highest BCUT2D eigenvalue weighted by Gasteiger charge is 2.06. The summed E-state index contributed by atoms with van der Waals surface area (Å²) in [5, 5.41) is 0. The van der Waals surface area contributed by atoms with Crippen LogP contribution in [-0.2, 0) is 0 Å². The Bertz CT molecular complexity index is 293. The van der Waals surface area contributed by atoms with E-state index in [1.54, 1.807) is 6.20 Å². The lowest BCUT2D eigenvalue weighted by atomic mass is 10.4. The highest BCUT2D eigenvalue weighted by atomic mass is 79.9. The Kier molecular flexibility index (Phi) is 4.49. The SMILES string of the molecule is CN(CCCl)c1ncc(Br)cc1Br. The van der Waals surface area contributed by atoms with E-state index in [0.29, 0.717) is 5.88 Å². The van der Waals surface area contributed by atoms with Gasteiger partial charge in [-0.1, -0.05) is 0 Å². The number of anilines is 1. The van der Waals surface area contributed by atoms with E-state index in [2.05, 4.69) is 36.8 Å². The van der Waals surface area contributed by atoms with E-state index in [1.807, 2.05) is 18.0 Å². The van der Waals surface area contributed by atoms with Crippen LogP contribution in [0.5, 0.6) is 0 Å². The zero-order chi connectivity index (χ0) is 9.84. The van der Waals surface area contributed by atoms with Gasteiger partial charge in [0.25, 0.3) is 0 Å². The molecule has 1 aromatic rings. The van der Waals surface area contributed by atoms with Gasteiger partial charge in [0.15, 0.2) is 0 Å². The van der Waals surface area contributed by atoms with Crippen LogP contribution in [0.2, 0.25) is 0 Å². The number of hydrogen-bond donors (Lipinski definition) is 0. The van der Waals surface area contributed by atoms with Gasteiger partial charge in [-0.05, 0) is 37.9 Å². The zero-order valence-corrected chi connectivity index (χ0v) is 11.0. The Morgan fingerprint density at radius 2 is 2.23 bits per heavy atom. The molecule has 0 aliphatic heterocycles. The lowest BCUT2D eigenvalue weighted by molar-refractivity contribution is 0.937. The number of nitrogens with zero attached hydrogens (tertiary/aromatic N) is 2. The minimum atomic E-state index is 0.598. The van der Waals surface area contributed by atoms with E-state index >= 15 is 0 Å². The molecule has 0 fully saturated rings. The summed E-state index contributed by atoms with van der Waals surface area (Å²) < 4.78 is 1.93. The molecule has 0 amide bonds. The smallest absolute Gasteiger partial charge is 0.142 e. The van der Waals surface area contributed by atoms with Crippen LogP contribution in [-0.4, -0.2) is 24.5 Å². The van der Waals surface area contributed by atoms with E-state index in [-0.39, 0.29) is 0 Å². The molecule has 1 rings (SSSR count). The normalized spacial score (nSPS) is 10.2. The van der Waals surface area contributed by atoms with Gasteiger partial charge < -0.3 is 4.90 Å². The number of pyridine rings is 1. The maximum Gasteiger partial charge on any atom is 0.142 e. The first-order chi connectivity index (χ1) is 6.15. The average molecular weight is 328 g/mol. The fourth-order valence-corrected chi connectivity index (χ4v) is 2.46. The highest BCUT2D eigenvalue weighted by Crippen LogP contribution is 2.25. The second kappa shape index (κ2) is 5.17. The molecule has 0 saturated carbocycles. The number of halogens is 3. The molecule has 0 radical (unpaired) electrons. The van der Waals surface area contributed by atoms with Crippen LogP contribution in [0.3, 0.4) is 0 Å². The topological polar surface area (TPSA) is 16.1 Å². The maximum absolute atomic E-state index is 5.64. The van der Waals surface area contributed by atoms with Gasteiger partial charge in [0.2, 0.25) is 0 Å². The van der Waals surface area contributed by atoms with Gasteiger partial charge >= 0.3 is 0 Å². The molecule has 0 saturated heterocycles. The molecule has 1 heterocycles. The van der Waals surface area contributed by atoms with Gasteiger partial charge in [-0.15, -0.1) is 11.6 Å². The molecular formula is C8H9Br2ClN2. The predicted molar refractivity (Wildman–Crippen MR) is 63.6 cm³/mol. The molecule has 0 aliphatic carbocycles. The van der Waals surface area contributed by atoms with E-state index in [0.717, 1.165) is 21.3 Å². The summed E-state index contributed by atoms with van der Waals surface area (Å²) in [6.45, 7) is 0.786.